The molecule has 1 saturated heterocycles. The monoisotopic (exact) mass is 573 g/mol. The average molecular weight is 575 g/mol. The van der Waals surface area contributed by atoms with Crippen LogP contribution in [0.15, 0.2) is 30.5 Å². The number of hydrogen-bond acceptors (Lipinski definition) is 5. The SMILES string of the molecule is CCCCc1cc(OC2CCN(CCCCNS(=O)(=O)C3CCCCC3)CC2)c2ncccc2c1.Cl.Cl. The summed E-state index contributed by atoms with van der Waals surface area (Å²) in [7, 11) is -3.14. The molecule has 0 radical (unpaired) electrons. The molecule has 0 spiro atoms. The van der Waals surface area contributed by atoms with Crippen molar-refractivity contribution < 1.29 is 13.2 Å². The molecular formula is C28H45Cl2N3O3S. The number of piperidine rings is 1. The summed E-state index contributed by atoms with van der Waals surface area (Å²) in [6, 6.07) is 8.58. The van der Waals surface area contributed by atoms with Gasteiger partial charge in [-0.25, -0.2) is 13.1 Å². The minimum atomic E-state index is -3.14. The summed E-state index contributed by atoms with van der Waals surface area (Å²) in [6.07, 6.45) is 14.4. The number of aromatic nitrogens is 1. The highest BCUT2D eigenvalue weighted by molar-refractivity contribution is 7.90. The van der Waals surface area contributed by atoms with E-state index in [2.05, 4.69) is 39.7 Å². The number of likely N-dealkylation sites (tertiary alicyclic amines) is 1. The van der Waals surface area contributed by atoms with Crippen LogP contribution < -0.4 is 9.46 Å². The van der Waals surface area contributed by atoms with Crippen LogP contribution in [0.25, 0.3) is 10.9 Å². The molecule has 1 saturated carbocycles. The third-order valence-corrected chi connectivity index (χ3v) is 9.53. The van der Waals surface area contributed by atoms with E-state index >= 15 is 0 Å². The largest absolute Gasteiger partial charge is 0.488 e. The van der Waals surface area contributed by atoms with Gasteiger partial charge >= 0.3 is 0 Å². The normalized spacial score (nSPS) is 17.8. The quantitative estimate of drug-likeness (QED) is 0.302. The number of aryl methyl sites for hydroxylation is 1. The lowest BCUT2D eigenvalue weighted by atomic mass is 10.0. The van der Waals surface area contributed by atoms with Crippen LogP contribution in [-0.2, 0) is 16.4 Å². The molecule has 9 heteroatoms. The predicted octanol–water partition coefficient (Wildman–Crippen LogP) is 6.30. The predicted molar refractivity (Wildman–Crippen MR) is 158 cm³/mol. The lowest BCUT2D eigenvalue weighted by Crippen LogP contribution is -2.39. The van der Waals surface area contributed by atoms with Gasteiger partial charge < -0.3 is 9.64 Å². The van der Waals surface area contributed by atoms with Crippen molar-refractivity contribution in [1.29, 1.82) is 0 Å². The van der Waals surface area contributed by atoms with Crippen molar-refractivity contribution in [1.82, 2.24) is 14.6 Å². The summed E-state index contributed by atoms with van der Waals surface area (Å²) >= 11 is 0. The van der Waals surface area contributed by atoms with Gasteiger partial charge in [-0.3, -0.25) is 4.98 Å². The van der Waals surface area contributed by atoms with Crippen LogP contribution in [0, 0.1) is 0 Å². The van der Waals surface area contributed by atoms with Crippen LogP contribution in [-0.4, -0.2) is 55.8 Å². The van der Waals surface area contributed by atoms with Crippen molar-refractivity contribution in [2.75, 3.05) is 26.2 Å². The molecule has 210 valence electrons. The second-order valence-corrected chi connectivity index (χ2v) is 12.4. The molecule has 1 aliphatic heterocycles. The van der Waals surface area contributed by atoms with Gasteiger partial charge in [-0.1, -0.05) is 38.7 Å². The molecule has 0 atom stereocenters. The standard InChI is InChI=1S/C28H43N3O3S.2ClH/c1-2-3-10-23-21-24-11-9-16-29-28(24)27(22-23)34-25-14-19-31(20-15-25)18-8-7-17-30-35(32,33)26-12-5-4-6-13-26;;/h9,11,16,21-22,25-26,30H,2-8,10,12-15,17-20H2,1H3;2*1H. The van der Waals surface area contributed by atoms with E-state index in [1.54, 1.807) is 0 Å². The second-order valence-electron chi connectivity index (χ2n) is 10.3. The first kappa shape index (κ1) is 32.1. The third-order valence-electron chi connectivity index (χ3n) is 7.57. The molecule has 2 fully saturated rings. The number of sulfonamides is 1. The summed E-state index contributed by atoms with van der Waals surface area (Å²) in [4.78, 5) is 7.09. The number of benzene rings is 1. The Morgan fingerprint density at radius 1 is 1.03 bits per heavy atom. The first-order chi connectivity index (χ1) is 17.0. The van der Waals surface area contributed by atoms with Crippen LogP contribution in [0.4, 0.5) is 0 Å². The highest BCUT2D eigenvalue weighted by Crippen LogP contribution is 2.29. The zero-order chi connectivity index (χ0) is 24.5. The Bertz CT molecular complexity index is 1040. The maximum Gasteiger partial charge on any atom is 0.214 e. The lowest BCUT2D eigenvalue weighted by Gasteiger charge is -2.32. The van der Waals surface area contributed by atoms with E-state index in [0.717, 1.165) is 94.1 Å². The molecule has 2 aliphatic rings. The zero-order valence-electron chi connectivity index (χ0n) is 22.2. The van der Waals surface area contributed by atoms with E-state index in [-0.39, 0.29) is 36.2 Å². The van der Waals surface area contributed by atoms with E-state index < -0.39 is 10.0 Å². The molecule has 4 rings (SSSR count). The molecule has 2 heterocycles. The van der Waals surface area contributed by atoms with E-state index in [1.165, 1.54) is 24.8 Å². The smallest absolute Gasteiger partial charge is 0.214 e. The maximum atomic E-state index is 12.5. The molecular weight excluding hydrogens is 529 g/mol. The van der Waals surface area contributed by atoms with Crippen LogP contribution in [0.5, 0.6) is 5.75 Å². The summed E-state index contributed by atoms with van der Waals surface area (Å²) in [6.45, 7) is 5.87. The number of hydrogen-bond donors (Lipinski definition) is 1. The van der Waals surface area contributed by atoms with Gasteiger partial charge in [0.25, 0.3) is 0 Å². The highest BCUT2D eigenvalue weighted by atomic mass is 35.5. The van der Waals surface area contributed by atoms with Crippen molar-refractivity contribution in [3.8, 4) is 5.75 Å². The zero-order valence-corrected chi connectivity index (χ0v) is 24.6. The number of halogens is 2. The number of nitrogens with one attached hydrogen (secondary N) is 1. The number of pyridine rings is 1. The number of fused-ring (bicyclic) bond motifs is 1. The molecule has 1 N–H and O–H groups in total. The van der Waals surface area contributed by atoms with Crippen molar-refractivity contribution in [2.24, 2.45) is 0 Å². The topological polar surface area (TPSA) is 71.5 Å². The summed E-state index contributed by atoms with van der Waals surface area (Å²) in [5, 5.41) is 0.989. The highest BCUT2D eigenvalue weighted by Gasteiger charge is 2.26. The van der Waals surface area contributed by atoms with E-state index in [1.807, 2.05) is 12.3 Å². The molecule has 1 aromatic carbocycles. The summed E-state index contributed by atoms with van der Waals surface area (Å²) in [5.41, 5.74) is 2.30. The van der Waals surface area contributed by atoms with Crippen molar-refractivity contribution >= 4 is 45.7 Å². The fourth-order valence-corrected chi connectivity index (χ4v) is 7.05. The van der Waals surface area contributed by atoms with Crippen LogP contribution in [0.3, 0.4) is 0 Å². The Morgan fingerprint density at radius 3 is 2.51 bits per heavy atom. The Labute approximate surface area is 236 Å². The second kappa shape index (κ2) is 16.1. The van der Waals surface area contributed by atoms with Gasteiger partial charge in [-0.15, -0.1) is 24.8 Å². The van der Waals surface area contributed by atoms with Crippen LogP contribution >= 0.6 is 24.8 Å². The summed E-state index contributed by atoms with van der Waals surface area (Å²) in [5.74, 6) is 0.929. The Kier molecular flexibility index (Phi) is 14.0. The van der Waals surface area contributed by atoms with Gasteiger partial charge in [0.1, 0.15) is 17.4 Å². The number of nitrogens with zero attached hydrogens (tertiary/aromatic N) is 2. The molecule has 0 unspecified atom stereocenters. The first-order valence-corrected chi connectivity index (χ1v) is 15.3. The maximum absolute atomic E-state index is 12.5. The molecule has 1 aromatic heterocycles. The molecule has 0 amide bonds. The van der Waals surface area contributed by atoms with Gasteiger partial charge in [0.05, 0.1) is 5.25 Å². The first-order valence-electron chi connectivity index (χ1n) is 13.8. The Morgan fingerprint density at radius 2 is 1.78 bits per heavy atom. The number of rotatable bonds is 12. The minimum absolute atomic E-state index is 0. The molecule has 1 aliphatic carbocycles. The molecule has 37 heavy (non-hydrogen) atoms. The third kappa shape index (κ3) is 9.54. The molecule has 2 aromatic rings. The molecule has 0 bridgehead atoms. The van der Waals surface area contributed by atoms with Crippen LogP contribution in [0.2, 0.25) is 0 Å². The number of ether oxygens (including phenoxy) is 1. The van der Waals surface area contributed by atoms with Crippen LogP contribution in [0.1, 0.15) is 83.1 Å². The Balaban J connectivity index is 0.00000241. The van der Waals surface area contributed by atoms with Gasteiger partial charge in [-0.2, -0.15) is 0 Å². The van der Waals surface area contributed by atoms with Gasteiger partial charge in [-0.05, 0) is 81.7 Å². The van der Waals surface area contributed by atoms with Crippen molar-refractivity contribution in [2.45, 2.75) is 95.3 Å². The van der Waals surface area contributed by atoms with Gasteiger partial charge in [0, 0.05) is 31.2 Å². The lowest BCUT2D eigenvalue weighted by molar-refractivity contribution is 0.101. The fourth-order valence-electron chi connectivity index (χ4n) is 5.43. The Hall–Kier alpha value is -1.12. The number of unbranched alkanes of at least 4 members (excludes halogenated alkanes) is 2. The van der Waals surface area contributed by atoms with Crippen molar-refractivity contribution in [3.63, 3.8) is 0 Å². The van der Waals surface area contributed by atoms with Crippen molar-refractivity contribution in [3.05, 3.63) is 36.0 Å². The fraction of sp³-hybridized carbons (Fsp3) is 0.679. The van der Waals surface area contributed by atoms with Gasteiger partial charge in [0.15, 0.2) is 0 Å². The minimum Gasteiger partial charge on any atom is -0.488 e. The van der Waals surface area contributed by atoms with Gasteiger partial charge in [0.2, 0.25) is 10.0 Å². The van der Waals surface area contributed by atoms with E-state index in [4.69, 9.17) is 4.74 Å². The summed E-state index contributed by atoms with van der Waals surface area (Å²) < 4.78 is 34.3. The molecule has 6 nitrogen and oxygen atoms in total. The van der Waals surface area contributed by atoms with E-state index in [9.17, 15) is 8.42 Å². The van der Waals surface area contributed by atoms with E-state index in [0.29, 0.717) is 6.54 Å². The average Bonchev–Trinajstić information content (AvgIpc) is 2.89.